The first-order chi connectivity index (χ1) is 34.3. The number of carbonyl (C=O) groups is 1. The molecular weight excluding hydrogens is 1040 g/mol. The van der Waals surface area contributed by atoms with Gasteiger partial charge in [-0.05, 0) is 94.3 Å². The largest absolute Gasteiger partial charge is 0.744 e. The van der Waals surface area contributed by atoms with Crippen LogP contribution in [0.5, 0.6) is 0 Å². The summed E-state index contributed by atoms with van der Waals surface area (Å²) in [7, 11) is -16.6. The van der Waals surface area contributed by atoms with Crippen molar-refractivity contribution in [1.29, 1.82) is 0 Å². The van der Waals surface area contributed by atoms with E-state index in [1.165, 1.54) is 30.3 Å². The summed E-state index contributed by atoms with van der Waals surface area (Å²) in [6.45, 7) is 7.42. The Morgan fingerprint density at radius 2 is 1.19 bits per heavy atom. The van der Waals surface area contributed by atoms with Crippen molar-refractivity contribution in [2.75, 3.05) is 96.1 Å². The van der Waals surface area contributed by atoms with E-state index in [-0.39, 0.29) is 63.4 Å². The van der Waals surface area contributed by atoms with Crippen molar-refractivity contribution in [3.8, 4) is 0 Å². The molecule has 2 atom stereocenters. The minimum absolute atomic E-state index is 0.00444. The highest BCUT2D eigenvalue weighted by Crippen LogP contribution is 2.51. The number of rotatable bonds is 35. The minimum Gasteiger partial charge on any atom is -0.744 e. The van der Waals surface area contributed by atoms with Gasteiger partial charge in [-0.1, -0.05) is 30.4 Å². The molecule has 2 aromatic rings. The molecule has 4 N–H and O–H groups in total. The van der Waals surface area contributed by atoms with Gasteiger partial charge in [-0.25, -0.2) is 8.42 Å². The lowest BCUT2D eigenvalue weighted by Crippen LogP contribution is -2.32. The van der Waals surface area contributed by atoms with E-state index >= 15 is 0 Å². The fourth-order valence-corrected chi connectivity index (χ4v) is 10.9. The third kappa shape index (κ3) is 19.1. The fourth-order valence-electron chi connectivity index (χ4n) is 8.87. The smallest absolute Gasteiger partial charge is 0.303 e. The van der Waals surface area contributed by atoms with Crippen LogP contribution in [-0.2, 0) is 79.8 Å². The van der Waals surface area contributed by atoms with Gasteiger partial charge in [0.2, 0.25) is 5.69 Å². The van der Waals surface area contributed by atoms with Crippen molar-refractivity contribution in [3.05, 3.63) is 95.8 Å². The van der Waals surface area contributed by atoms with E-state index in [0.29, 0.717) is 99.4 Å². The monoisotopic (exact) mass is 1100 g/mol. The van der Waals surface area contributed by atoms with Crippen LogP contribution in [0, 0.1) is 0 Å². The van der Waals surface area contributed by atoms with E-state index in [1.54, 1.807) is 69.6 Å². The molecule has 2 unspecified atom stereocenters. The molecule has 0 bridgehead atoms. The number of carboxylic acid groups (broad SMARTS) is 1. The molecule has 0 saturated heterocycles. The van der Waals surface area contributed by atoms with Gasteiger partial charge in [0.15, 0.2) is 5.71 Å². The van der Waals surface area contributed by atoms with Gasteiger partial charge in [0, 0.05) is 61.0 Å². The number of ether oxygens (including phenoxy) is 5. The molecule has 2 aliphatic rings. The van der Waals surface area contributed by atoms with Crippen molar-refractivity contribution in [2.45, 2.75) is 85.8 Å². The van der Waals surface area contributed by atoms with Gasteiger partial charge < -0.3 is 38.2 Å². The molecule has 0 fully saturated rings. The zero-order valence-corrected chi connectivity index (χ0v) is 44.6. The Morgan fingerprint density at radius 3 is 1.75 bits per heavy atom. The number of nitrogens with zero attached hydrogens (tertiary/aromatic N) is 2. The second-order valence-electron chi connectivity index (χ2n) is 17.7. The molecule has 73 heavy (non-hydrogen) atoms. The topological polar surface area (TPSA) is 310 Å². The van der Waals surface area contributed by atoms with Crippen molar-refractivity contribution in [3.63, 3.8) is 0 Å². The Hall–Kier alpha value is -4.22. The molecule has 0 radical (unpaired) electrons. The third-order valence-corrected chi connectivity index (χ3v) is 15.7. The number of carboxylic acids is 1. The van der Waals surface area contributed by atoms with Crippen molar-refractivity contribution in [1.82, 2.24) is 0 Å². The van der Waals surface area contributed by atoms with E-state index in [4.69, 9.17) is 28.8 Å². The lowest BCUT2D eigenvalue weighted by molar-refractivity contribution is -0.438. The fraction of sp³-hybridized carbons (Fsp3) is 0.542. The zero-order valence-electron chi connectivity index (χ0n) is 41.3. The Bertz CT molecular complexity index is 2810. The second-order valence-corrected chi connectivity index (χ2v) is 23.7. The van der Waals surface area contributed by atoms with Crippen LogP contribution in [-0.4, -0.2) is 164 Å². The number of hydrogen-bond donors (Lipinski definition) is 4. The maximum absolute atomic E-state index is 12.3. The van der Waals surface area contributed by atoms with E-state index in [0.717, 1.165) is 0 Å². The summed E-state index contributed by atoms with van der Waals surface area (Å²) in [5.41, 5.74) is 1.30. The standard InChI is InChI=1S/C48H68N2O19S4/c1-47(21-12-34-70(53,54)55)40-36-38(72(59,60)61)17-19-42(40)49(23-11-7-10-16-46(51)52)44(47)14-8-5-4-6-9-15-45-48(2,22-13-35-71(56,57)58)41-37-39(73(62,63)64)18-20-43(41)50(45)24-25-66-28-29-68-32-33-69-31-30-67-27-26-65-3/h4-6,8-9,14-15,17-20,36-37H,7,10-13,16,21-35H2,1-3H3,(H4-,51,52,53,54,55,56,57,58,59,60,61,62,63,64). The summed E-state index contributed by atoms with van der Waals surface area (Å²) < 4.78 is 167. The van der Waals surface area contributed by atoms with Gasteiger partial charge in [-0.2, -0.15) is 29.8 Å². The predicted molar refractivity (Wildman–Crippen MR) is 271 cm³/mol. The molecule has 25 heteroatoms. The number of unbranched alkanes of at least 4 members (excludes halogenated alkanes) is 2. The van der Waals surface area contributed by atoms with Crippen LogP contribution in [0.25, 0.3) is 0 Å². The molecule has 0 saturated carbocycles. The van der Waals surface area contributed by atoms with Crippen molar-refractivity contribution >= 4 is 63.5 Å². The van der Waals surface area contributed by atoms with E-state index in [1.807, 2.05) is 9.48 Å². The summed E-state index contributed by atoms with van der Waals surface area (Å²) >= 11 is 0. The Morgan fingerprint density at radius 1 is 0.658 bits per heavy atom. The normalized spacial score (nSPS) is 19.1. The van der Waals surface area contributed by atoms with Gasteiger partial charge in [0.1, 0.15) is 16.7 Å². The SMILES string of the molecule is COCCOCCOCCOCCOCCN1/C(=C/C=C/C=C/C=C/C2=[N+](CCCCCC(=O)O)c3ccc(S(=O)(=O)O)cc3C2(C)CCCS(=O)(=O)O)C(C)(CCCS(=O)(=O)O)c2cc(S(=O)(=O)[O-])ccc21. The number of anilines is 1. The van der Waals surface area contributed by atoms with Gasteiger partial charge in [-0.15, -0.1) is 0 Å². The van der Waals surface area contributed by atoms with E-state index in [2.05, 4.69) is 0 Å². The molecule has 0 spiro atoms. The predicted octanol–water partition coefficient (Wildman–Crippen LogP) is 5.22. The first-order valence-electron chi connectivity index (χ1n) is 23.6. The van der Waals surface area contributed by atoms with Gasteiger partial charge in [-0.3, -0.25) is 18.5 Å². The molecule has 2 aliphatic heterocycles. The number of methoxy groups -OCH3 is 1. The van der Waals surface area contributed by atoms with Crippen molar-refractivity contribution < 1.29 is 90.0 Å². The van der Waals surface area contributed by atoms with Crippen LogP contribution in [0.15, 0.2) is 94.4 Å². The number of allylic oxidation sites excluding steroid dienone is 8. The Labute approximate surface area is 429 Å². The average molecular weight is 1110 g/mol. The maximum atomic E-state index is 12.3. The molecule has 2 heterocycles. The molecule has 2 aromatic carbocycles. The highest BCUT2D eigenvalue weighted by molar-refractivity contribution is 7.86. The average Bonchev–Trinajstić information content (AvgIpc) is 3.66. The molecule has 0 aliphatic carbocycles. The van der Waals surface area contributed by atoms with Gasteiger partial charge in [0.25, 0.3) is 30.4 Å². The number of aliphatic carboxylic acids is 1. The summed E-state index contributed by atoms with van der Waals surface area (Å²) in [5, 5.41) is 9.15. The molecule has 0 amide bonds. The van der Waals surface area contributed by atoms with Crippen LogP contribution < -0.4 is 4.90 Å². The van der Waals surface area contributed by atoms with Crippen LogP contribution in [0.4, 0.5) is 11.4 Å². The van der Waals surface area contributed by atoms with E-state index in [9.17, 15) is 56.7 Å². The number of benzene rings is 2. The summed E-state index contributed by atoms with van der Waals surface area (Å²) in [5.74, 6) is -2.06. The lowest BCUT2D eigenvalue weighted by Gasteiger charge is -2.30. The minimum atomic E-state index is -4.89. The number of fused-ring (bicyclic) bond motifs is 2. The quantitative estimate of drug-likeness (QED) is 0.0298. The number of hydrogen-bond acceptors (Lipinski definition) is 16. The summed E-state index contributed by atoms with van der Waals surface area (Å²) in [6.07, 6.45) is 13.9. The Balaban J connectivity index is 1.63. The third-order valence-electron chi connectivity index (χ3n) is 12.4. The second kappa shape index (κ2) is 28.1. The Kier molecular flexibility index (Phi) is 23.6. The highest BCUT2D eigenvalue weighted by Gasteiger charge is 2.48. The lowest BCUT2D eigenvalue weighted by atomic mass is 9.76. The molecular formula is C48H68N2O19S4. The maximum Gasteiger partial charge on any atom is 0.303 e. The molecule has 4 rings (SSSR count). The molecule has 21 nitrogen and oxygen atoms in total. The van der Waals surface area contributed by atoms with Crippen LogP contribution in [0.2, 0.25) is 0 Å². The van der Waals surface area contributed by atoms with E-state index < -0.39 is 73.7 Å². The zero-order chi connectivity index (χ0) is 53.9. The van der Waals surface area contributed by atoms with Crippen LogP contribution in [0.3, 0.4) is 0 Å². The summed E-state index contributed by atoms with van der Waals surface area (Å²) in [4.78, 5) is 12.2. The van der Waals surface area contributed by atoms with Crippen LogP contribution >= 0.6 is 0 Å². The van der Waals surface area contributed by atoms with Crippen molar-refractivity contribution in [2.24, 2.45) is 0 Å². The molecule has 408 valence electrons. The van der Waals surface area contributed by atoms with Gasteiger partial charge in [0.05, 0.1) is 86.2 Å². The first kappa shape index (κ1) is 61.3. The summed E-state index contributed by atoms with van der Waals surface area (Å²) in [6, 6.07) is 8.16. The highest BCUT2D eigenvalue weighted by atomic mass is 32.2. The first-order valence-corrected chi connectivity index (χ1v) is 29.7. The van der Waals surface area contributed by atoms with Crippen LogP contribution in [0.1, 0.15) is 76.3 Å². The van der Waals surface area contributed by atoms with Gasteiger partial charge >= 0.3 is 5.97 Å². The molecule has 0 aromatic heterocycles.